The molecule has 0 amide bonds. The molecule has 0 aromatic carbocycles. The van der Waals surface area contributed by atoms with Gasteiger partial charge in [0.1, 0.15) is 6.73 Å². The summed E-state index contributed by atoms with van der Waals surface area (Å²) in [6, 6.07) is 0. The van der Waals surface area contributed by atoms with Crippen LogP contribution >= 0.6 is 0 Å². The fraction of sp³-hybridized carbons (Fsp3) is 0.600. The summed E-state index contributed by atoms with van der Waals surface area (Å²) in [5.74, 6) is 0. The van der Waals surface area contributed by atoms with Gasteiger partial charge in [-0.05, 0) is 13.1 Å². The van der Waals surface area contributed by atoms with Crippen molar-refractivity contribution in [1.29, 1.82) is 0 Å². The van der Waals surface area contributed by atoms with Crippen LogP contribution < -0.4 is 0 Å². The first-order chi connectivity index (χ1) is 3.39. The lowest BCUT2D eigenvalue weighted by Crippen LogP contribution is -2.23. The Bertz CT molecular complexity index is 80.1. The zero-order valence-corrected chi connectivity index (χ0v) is 4.42. The quantitative estimate of drug-likeness (QED) is 0.436. The number of likely N-dealkylation sites (N-methyl/N-ethyl adjacent to an activating group) is 1. The highest BCUT2D eigenvalue weighted by Gasteiger charge is 1.95. The number of nitrogens with zero attached hydrogens (tertiary/aromatic N) is 1. The number of ether oxygens (including phenoxy) is 1. The van der Waals surface area contributed by atoms with E-state index in [1.807, 2.05) is 13.1 Å². The van der Waals surface area contributed by atoms with Crippen molar-refractivity contribution in [1.82, 2.24) is 4.90 Å². The third-order valence-corrected chi connectivity index (χ3v) is 0.904. The first-order valence-electron chi connectivity index (χ1n) is 2.35. The van der Waals surface area contributed by atoms with Gasteiger partial charge in [-0.15, -0.1) is 0 Å². The summed E-state index contributed by atoms with van der Waals surface area (Å²) < 4.78 is 4.93. The predicted molar refractivity (Wildman–Crippen MR) is 27.7 cm³/mol. The van der Waals surface area contributed by atoms with Gasteiger partial charge in [-0.2, -0.15) is 0 Å². The smallest absolute Gasteiger partial charge is 0.141 e. The molecule has 0 fully saturated rings. The van der Waals surface area contributed by atoms with E-state index in [4.69, 9.17) is 4.74 Å². The van der Waals surface area contributed by atoms with Crippen LogP contribution in [0.15, 0.2) is 12.3 Å². The van der Waals surface area contributed by atoms with Gasteiger partial charge in [0.15, 0.2) is 0 Å². The highest BCUT2D eigenvalue weighted by Crippen LogP contribution is 1.91. The van der Waals surface area contributed by atoms with Crippen molar-refractivity contribution in [3.63, 3.8) is 0 Å². The Balaban J connectivity index is 2.32. The van der Waals surface area contributed by atoms with Crippen LogP contribution in [0.25, 0.3) is 0 Å². The van der Waals surface area contributed by atoms with Crippen molar-refractivity contribution in [2.75, 3.05) is 20.3 Å². The molecule has 0 aliphatic carbocycles. The topological polar surface area (TPSA) is 12.5 Å². The second-order valence-electron chi connectivity index (χ2n) is 1.71. The van der Waals surface area contributed by atoms with E-state index in [0.717, 1.165) is 13.3 Å². The van der Waals surface area contributed by atoms with E-state index < -0.39 is 0 Å². The van der Waals surface area contributed by atoms with Gasteiger partial charge in [0.2, 0.25) is 0 Å². The minimum absolute atomic E-state index is 0.733. The van der Waals surface area contributed by atoms with Crippen molar-refractivity contribution in [2.24, 2.45) is 0 Å². The Morgan fingerprint density at radius 2 is 2.57 bits per heavy atom. The van der Waals surface area contributed by atoms with Crippen molar-refractivity contribution in [2.45, 2.75) is 0 Å². The summed E-state index contributed by atoms with van der Waals surface area (Å²) in [5, 5.41) is 0. The monoisotopic (exact) mass is 99.1 g/mol. The minimum atomic E-state index is 0.733. The van der Waals surface area contributed by atoms with E-state index in [2.05, 4.69) is 4.90 Å². The van der Waals surface area contributed by atoms with Crippen molar-refractivity contribution >= 4 is 0 Å². The molecule has 0 aromatic heterocycles. The fourth-order valence-electron chi connectivity index (χ4n) is 0.514. The Kier molecular flexibility index (Phi) is 1.32. The number of hydrogen-bond acceptors (Lipinski definition) is 2. The molecular formula is C5H9NO. The van der Waals surface area contributed by atoms with Gasteiger partial charge in [-0.3, -0.25) is 4.90 Å². The first kappa shape index (κ1) is 4.65. The second-order valence-corrected chi connectivity index (χ2v) is 1.71. The highest BCUT2D eigenvalue weighted by molar-refractivity contribution is 4.79. The summed E-state index contributed by atoms with van der Waals surface area (Å²) in [5.41, 5.74) is 0. The molecule has 1 aliphatic rings. The maximum Gasteiger partial charge on any atom is 0.141 e. The number of hydrogen-bond donors (Lipinski definition) is 0. The van der Waals surface area contributed by atoms with Crippen LogP contribution in [-0.2, 0) is 4.74 Å². The Morgan fingerprint density at radius 1 is 1.71 bits per heavy atom. The molecule has 0 bridgehead atoms. The van der Waals surface area contributed by atoms with Crippen LogP contribution in [0, 0.1) is 0 Å². The predicted octanol–water partition coefficient (Wildman–Crippen LogP) is 0.420. The standard InChI is InChI=1S/C5H9NO/c1-6-3-2-4-7-5-6/h2,4H,3,5H2,1H3. The summed E-state index contributed by atoms with van der Waals surface area (Å²) in [6.45, 7) is 1.75. The van der Waals surface area contributed by atoms with Crippen LogP contribution in [0.4, 0.5) is 0 Å². The fourth-order valence-corrected chi connectivity index (χ4v) is 0.514. The van der Waals surface area contributed by atoms with Crippen LogP contribution in [0.5, 0.6) is 0 Å². The average Bonchev–Trinajstić information content (AvgIpc) is 1.69. The molecular weight excluding hydrogens is 90.1 g/mol. The first-order valence-corrected chi connectivity index (χ1v) is 2.35. The molecule has 1 rings (SSSR count). The van der Waals surface area contributed by atoms with Crippen molar-refractivity contribution < 1.29 is 4.74 Å². The van der Waals surface area contributed by atoms with E-state index in [1.54, 1.807) is 6.26 Å². The van der Waals surface area contributed by atoms with Gasteiger partial charge in [-0.25, -0.2) is 0 Å². The molecule has 7 heavy (non-hydrogen) atoms. The molecule has 2 nitrogen and oxygen atoms in total. The summed E-state index contributed by atoms with van der Waals surface area (Å²) in [6.07, 6.45) is 3.73. The molecule has 0 saturated carbocycles. The van der Waals surface area contributed by atoms with Gasteiger partial charge < -0.3 is 4.74 Å². The highest BCUT2D eigenvalue weighted by atomic mass is 16.5. The van der Waals surface area contributed by atoms with Crippen molar-refractivity contribution in [3.05, 3.63) is 12.3 Å². The summed E-state index contributed by atoms with van der Waals surface area (Å²) in [4.78, 5) is 2.08. The Morgan fingerprint density at radius 3 is 2.86 bits per heavy atom. The van der Waals surface area contributed by atoms with Crippen LogP contribution in [-0.4, -0.2) is 25.2 Å². The molecule has 0 saturated heterocycles. The third kappa shape index (κ3) is 1.20. The van der Waals surface area contributed by atoms with E-state index in [-0.39, 0.29) is 0 Å². The molecule has 1 heterocycles. The minimum Gasteiger partial charge on any atom is -0.486 e. The van der Waals surface area contributed by atoms with Crippen LogP contribution in [0.3, 0.4) is 0 Å². The van der Waals surface area contributed by atoms with E-state index in [0.29, 0.717) is 0 Å². The second kappa shape index (κ2) is 1.98. The molecule has 40 valence electrons. The van der Waals surface area contributed by atoms with Gasteiger partial charge in [0.25, 0.3) is 0 Å². The van der Waals surface area contributed by atoms with Crippen molar-refractivity contribution in [3.8, 4) is 0 Å². The molecule has 0 atom stereocenters. The normalized spacial score (nSPS) is 21.9. The molecule has 0 unspecified atom stereocenters. The number of rotatable bonds is 0. The lowest BCUT2D eigenvalue weighted by molar-refractivity contribution is 0.104. The van der Waals surface area contributed by atoms with E-state index in [9.17, 15) is 0 Å². The molecule has 0 radical (unpaired) electrons. The molecule has 1 aliphatic heterocycles. The Hall–Kier alpha value is -0.500. The maximum atomic E-state index is 4.93. The van der Waals surface area contributed by atoms with Gasteiger partial charge in [-0.1, -0.05) is 0 Å². The van der Waals surface area contributed by atoms with Gasteiger partial charge >= 0.3 is 0 Å². The maximum absolute atomic E-state index is 4.93. The van der Waals surface area contributed by atoms with Gasteiger partial charge in [0.05, 0.1) is 6.26 Å². The van der Waals surface area contributed by atoms with E-state index >= 15 is 0 Å². The molecule has 0 spiro atoms. The lowest BCUT2D eigenvalue weighted by Gasteiger charge is -2.16. The lowest BCUT2D eigenvalue weighted by atomic mass is 10.5. The van der Waals surface area contributed by atoms with Gasteiger partial charge in [0, 0.05) is 6.54 Å². The SMILES string of the molecule is CN1CC=COC1. The zero-order chi connectivity index (χ0) is 5.11. The largest absolute Gasteiger partial charge is 0.486 e. The average molecular weight is 99.1 g/mol. The third-order valence-electron chi connectivity index (χ3n) is 0.904. The van der Waals surface area contributed by atoms with E-state index in [1.165, 1.54) is 0 Å². The molecule has 0 aromatic rings. The summed E-state index contributed by atoms with van der Waals surface area (Å²) in [7, 11) is 2.02. The van der Waals surface area contributed by atoms with Crippen LogP contribution in [0.2, 0.25) is 0 Å². The summed E-state index contributed by atoms with van der Waals surface area (Å²) >= 11 is 0. The Labute approximate surface area is 43.4 Å². The molecule has 2 heteroatoms. The molecule has 0 N–H and O–H groups in total. The van der Waals surface area contributed by atoms with Crippen LogP contribution in [0.1, 0.15) is 0 Å². The zero-order valence-electron chi connectivity index (χ0n) is 4.42.